The third kappa shape index (κ3) is 8.53. The Hall–Kier alpha value is -1.99. The van der Waals surface area contributed by atoms with E-state index >= 15 is 0 Å². The first kappa shape index (κ1) is 33.5. The monoisotopic (exact) mass is 622 g/mol. The van der Waals surface area contributed by atoms with Gasteiger partial charge in [-0.3, -0.25) is 4.79 Å². The number of imidazole rings is 1. The zero-order valence-corrected chi connectivity index (χ0v) is 26.8. The van der Waals surface area contributed by atoms with Crippen LogP contribution < -0.4 is 4.74 Å². The Kier molecular flexibility index (Phi) is 13.1. The number of hydrogen-bond donors (Lipinski definition) is 0. The molecule has 1 amide bonds. The smallest absolute Gasteiger partial charge is 0.225 e. The average Bonchev–Trinajstić information content (AvgIpc) is 3.33. The number of rotatable bonds is 10. The number of carbonyl (C=O) groups excluding carboxylic acids is 1. The predicted molar refractivity (Wildman–Crippen MR) is 173 cm³/mol. The molecule has 0 N–H and O–H groups in total. The number of benzene rings is 2. The van der Waals surface area contributed by atoms with Gasteiger partial charge in [0.05, 0.1) is 11.0 Å². The largest absolute Gasteiger partial charge is 0.486 e. The summed E-state index contributed by atoms with van der Waals surface area (Å²) in [7, 11) is 0. The highest BCUT2D eigenvalue weighted by Gasteiger charge is 2.30. The van der Waals surface area contributed by atoms with Gasteiger partial charge in [-0.1, -0.05) is 37.1 Å². The maximum absolute atomic E-state index is 13.7. The molecule has 0 spiro atoms. The molecule has 0 radical (unpaired) electrons. The number of hydrogen-bond acceptors (Lipinski definition) is 4. The van der Waals surface area contributed by atoms with Crippen LogP contribution in [0.3, 0.4) is 0 Å². The lowest BCUT2D eigenvalue weighted by atomic mass is 9.95. The van der Waals surface area contributed by atoms with Gasteiger partial charge in [0.1, 0.15) is 18.2 Å². The second kappa shape index (κ2) is 16.0. The summed E-state index contributed by atoms with van der Waals surface area (Å²) in [5.41, 5.74) is 3.25. The second-order valence-electron chi connectivity index (χ2n) is 11.4. The zero-order valence-electron chi connectivity index (χ0n) is 24.4. The van der Waals surface area contributed by atoms with Gasteiger partial charge >= 0.3 is 0 Å². The van der Waals surface area contributed by atoms with E-state index in [1.165, 1.54) is 38.8 Å². The SMILES string of the molecule is Cc1cccc2c1nc(COc1ccc(Cl)cc1)n2CCC(C)C(=O)N1CCCC[C@@H]1CCN1CCCCC1.Cl.Cl. The van der Waals surface area contributed by atoms with Gasteiger partial charge in [0.15, 0.2) is 0 Å². The fourth-order valence-corrected chi connectivity index (χ4v) is 6.33. The third-order valence-corrected chi connectivity index (χ3v) is 8.84. The van der Waals surface area contributed by atoms with Gasteiger partial charge in [0.2, 0.25) is 5.91 Å². The molecule has 5 rings (SSSR count). The van der Waals surface area contributed by atoms with Gasteiger partial charge in [-0.15, -0.1) is 24.8 Å². The summed E-state index contributed by atoms with van der Waals surface area (Å²) in [5.74, 6) is 1.93. The number of aryl methyl sites for hydroxylation is 2. The van der Waals surface area contributed by atoms with Crippen molar-refractivity contribution < 1.29 is 9.53 Å². The third-order valence-electron chi connectivity index (χ3n) is 8.59. The lowest BCUT2D eigenvalue weighted by Crippen LogP contribution is -2.47. The molecule has 1 unspecified atom stereocenters. The van der Waals surface area contributed by atoms with Gasteiger partial charge in [-0.2, -0.15) is 0 Å². The summed E-state index contributed by atoms with van der Waals surface area (Å²) in [6.07, 6.45) is 9.39. The molecule has 2 aliphatic heterocycles. The molecule has 41 heavy (non-hydrogen) atoms. The van der Waals surface area contributed by atoms with Crippen LogP contribution in [0.15, 0.2) is 42.5 Å². The normalized spacial score (nSPS) is 18.4. The molecular weight excluding hydrogens is 579 g/mol. The first-order valence-corrected chi connectivity index (χ1v) is 15.2. The van der Waals surface area contributed by atoms with Gasteiger partial charge in [0, 0.05) is 36.6 Å². The van der Waals surface area contributed by atoms with E-state index in [-0.39, 0.29) is 30.7 Å². The van der Waals surface area contributed by atoms with Gasteiger partial charge in [0.25, 0.3) is 0 Å². The number of halogens is 3. The Morgan fingerprint density at radius 3 is 2.49 bits per heavy atom. The number of fused-ring (bicyclic) bond motifs is 1. The maximum atomic E-state index is 13.7. The number of para-hydroxylation sites is 1. The average molecular weight is 624 g/mol. The lowest BCUT2D eigenvalue weighted by molar-refractivity contribution is -0.139. The summed E-state index contributed by atoms with van der Waals surface area (Å²) < 4.78 is 8.32. The van der Waals surface area contributed by atoms with E-state index in [1.807, 2.05) is 24.3 Å². The van der Waals surface area contributed by atoms with Crippen molar-refractivity contribution in [3.8, 4) is 5.75 Å². The number of carbonyl (C=O) groups is 1. The van der Waals surface area contributed by atoms with Crippen LogP contribution in [-0.2, 0) is 17.9 Å². The Morgan fingerprint density at radius 1 is 1.00 bits per heavy atom. The van der Waals surface area contributed by atoms with E-state index in [9.17, 15) is 4.79 Å². The number of aromatic nitrogens is 2. The highest BCUT2D eigenvalue weighted by molar-refractivity contribution is 6.30. The molecule has 226 valence electrons. The van der Waals surface area contributed by atoms with Gasteiger partial charge in [-0.05, 0) is 101 Å². The van der Waals surface area contributed by atoms with Crippen molar-refractivity contribution in [2.45, 2.75) is 84.4 Å². The van der Waals surface area contributed by atoms with E-state index in [2.05, 4.69) is 46.4 Å². The molecule has 0 saturated carbocycles. The molecule has 2 atom stereocenters. The fraction of sp³-hybridized carbons (Fsp3) is 0.562. The highest BCUT2D eigenvalue weighted by Crippen LogP contribution is 2.26. The van der Waals surface area contributed by atoms with Crippen LogP contribution >= 0.6 is 36.4 Å². The summed E-state index contributed by atoms with van der Waals surface area (Å²) in [5, 5.41) is 0.686. The Labute approximate surface area is 262 Å². The number of likely N-dealkylation sites (tertiary alicyclic amines) is 2. The molecule has 2 saturated heterocycles. The van der Waals surface area contributed by atoms with E-state index < -0.39 is 0 Å². The fourth-order valence-electron chi connectivity index (χ4n) is 6.21. The molecule has 1 aromatic heterocycles. The Bertz CT molecular complexity index is 1240. The number of ether oxygens (including phenoxy) is 1. The van der Waals surface area contributed by atoms with Crippen molar-refractivity contribution in [1.82, 2.24) is 19.4 Å². The van der Waals surface area contributed by atoms with Crippen LogP contribution in [0.25, 0.3) is 11.0 Å². The van der Waals surface area contributed by atoms with E-state index in [1.54, 1.807) is 0 Å². The molecule has 3 heterocycles. The van der Waals surface area contributed by atoms with Crippen molar-refractivity contribution in [3.05, 3.63) is 58.9 Å². The molecule has 0 aliphatic carbocycles. The predicted octanol–water partition coefficient (Wildman–Crippen LogP) is 7.70. The van der Waals surface area contributed by atoms with Crippen LogP contribution in [0.2, 0.25) is 5.02 Å². The van der Waals surface area contributed by atoms with Crippen molar-refractivity contribution in [2.24, 2.45) is 5.92 Å². The molecule has 2 fully saturated rings. The minimum absolute atomic E-state index is 0. The van der Waals surface area contributed by atoms with Crippen LogP contribution in [0.4, 0.5) is 0 Å². The zero-order chi connectivity index (χ0) is 27.2. The van der Waals surface area contributed by atoms with Gasteiger partial charge in [-0.25, -0.2) is 4.98 Å². The second-order valence-corrected chi connectivity index (χ2v) is 11.9. The van der Waals surface area contributed by atoms with E-state index in [0.717, 1.165) is 73.5 Å². The number of nitrogens with zero attached hydrogens (tertiary/aromatic N) is 4. The van der Waals surface area contributed by atoms with Crippen molar-refractivity contribution in [2.75, 3.05) is 26.2 Å². The molecule has 9 heteroatoms. The van der Waals surface area contributed by atoms with Crippen molar-refractivity contribution >= 4 is 53.4 Å². The number of piperidine rings is 2. The molecule has 6 nitrogen and oxygen atoms in total. The quantitative estimate of drug-likeness (QED) is 0.232. The first-order valence-electron chi connectivity index (χ1n) is 14.9. The van der Waals surface area contributed by atoms with Crippen molar-refractivity contribution in [3.63, 3.8) is 0 Å². The lowest BCUT2D eigenvalue weighted by Gasteiger charge is -2.39. The van der Waals surface area contributed by atoms with Gasteiger partial charge < -0.3 is 19.1 Å². The number of amides is 1. The topological polar surface area (TPSA) is 50.6 Å². The van der Waals surface area contributed by atoms with Crippen LogP contribution in [0.5, 0.6) is 5.75 Å². The molecule has 0 bridgehead atoms. The molecular formula is C32H45Cl3N4O2. The minimum atomic E-state index is -0.0344. The molecule has 2 aliphatic rings. The Morgan fingerprint density at radius 2 is 1.73 bits per heavy atom. The summed E-state index contributed by atoms with van der Waals surface area (Å²) in [6.45, 7) is 9.77. The van der Waals surface area contributed by atoms with Crippen LogP contribution in [0.1, 0.15) is 69.7 Å². The standard InChI is InChI=1S/C32H43ClN4O2.2ClH/c1-24-9-8-11-29-31(24)34-30(23-39-28-14-12-26(33)13-15-28)37(29)22-16-25(2)32(38)36-20-7-4-10-27(36)17-21-35-18-5-3-6-19-35;;/h8-9,11-15,25,27H,3-7,10,16-23H2,1-2H3;2*1H/t25?,27-;;/m1../s1. The van der Waals surface area contributed by atoms with Crippen molar-refractivity contribution in [1.29, 1.82) is 0 Å². The maximum Gasteiger partial charge on any atom is 0.225 e. The molecule has 3 aromatic rings. The first-order chi connectivity index (χ1) is 19.0. The summed E-state index contributed by atoms with van der Waals surface area (Å²) >= 11 is 6.03. The van der Waals surface area contributed by atoms with Crippen LogP contribution in [-0.4, -0.2) is 57.5 Å². The van der Waals surface area contributed by atoms with E-state index in [4.69, 9.17) is 21.3 Å². The Balaban J connectivity index is 0.00000231. The van der Waals surface area contributed by atoms with Crippen LogP contribution in [0, 0.1) is 12.8 Å². The summed E-state index contributed by atoms with van der Waals surface area (Å²) in [6, 6.07) is 14.1. The minimum Gasteiger partial charge on any atom is -0.486 e. The molecule has 2 aromatic carbocycles. The van der Waals surface area contributed by atoms with E-state index in [0.29, 0.717) is 23.6 Å². The summed E-state index contributed by atoms with van der Waals surface area (Å²) in [4.78, 5) is 23.5. The highest BCUT2D eigenvalue weighted by atomic mass is 35.5.